The third-order valence-electron chi connectivity index (χ3n) is 6.46. The van der Waals surface area contributed by atoms with Crippen LogP contribution in [0.25, 0.3) is 11.5 Å². The fourth-order valence-corrected chi connectivity index (χ4v) is 4.58. The monoisotopic (exact) mass is 468 g/mol. The minimum absolute atomic E-state index is 0.157. The highest BCUT2D eigenvalue weighted by Gasteiger charge is 2.26. The number of esters is 1. The first-order valence-corrected chi connectivity index (χ1v) is 12.5. The third-order valence-corrected chi connectivity index (χ3v) is 6.46. The predicted octanol–water partition coefficient (Wildman–Crippen LogP) is 6.11. The lowest BCUT2D eigenvalue weighted by molar-refractivity contribution is -0.143. The van der Waals surface area contributed by atoms with E-state index in [0.29, 0.717) is 24.2 Å². The Morgan fingerprint density at radius 1 is 1.29 bits per heavy atom. The SMILES string of the molecule is C=C(C)OC(=O)[C@@H](NCCC1CCCC(OCc2nc(-c3cccc(C)c3)oc2C)C1)C(C)C. The van der Waals surface area contributed by atoms with Crippen molar-refractivity contribution in [2.45, 2.75) is 85.5 Å². The van der Waals surface area contributed by atoms with E-state index < -0.39 is 0 Å². The number of ether oxygens (including phenoxy) is 2. The van der Waals surface area contributed by atoms with Crippen molar-refractivity contribution < 1.29 is 18.7 Å². The van der Waals surface area contributed by atoms with Crippen molar-refractivity contribution in [3.05, 3.63) is 53.6 Å². The number of nitrogens with zero attached hydrogens (tertiary/aromatic N) is 1. The number of hydrogen-bond donors (Lipinski definition) is 1. The van der Waals surface area contributed by atoms with Gasteiger partial charge < -0.3 is 19.2 Å². The molecule has 1 saturated carbocycles. The Balaban J connectivity index is 1.47. The number of aryl methyl sites for hydroxylation is 2. The van der Waals surface area contributed by atoms with E-state index in [0.717, 1.165) is 49.2 Å². The number of nitrogens with one attached hydrogen (secondary N) is 1. The predicted molar refractivity (Wildman–Crippen MR) is 134 cm³/mol. The molecule has 2 aromatic rings. The number of benzene rings is 1. The molecule has 186 valence electrons. The van der Waals surface area contributed by atoms with E-state index in [-0.39, 0.29) is 24.0 Å². The summed E-state index contributed by atoms with van der Waals surface area (Å²) in [6.45, 7) is 14.7. The van der Waals surface area contributed by atoms with Crippen molar-refractivity contribution in [1.29, 1.82) is 0 Å². The van der Waals surface area contributed by atoms with Gasteiger partial charge in [0, 0.05) is 5.56 Å². The molecule has 0 bridgehead atoms. The first kappa shape index (κ1) is 26.2. The van der Waals surface area contributed by atoms with Gasteiger partial charge in [0.05, 0.1) is 18.5 Å². The zero-order valence-electron chi connectivity index (χ0n) is 21.4. The highest BCUT2D eigenvalue weighted by Crippen LogP contribution is 2.30. The topological polar surface area (TPSA) is 73.6 Å². The van der Waals surface area contributed by atoms with Crippen molar-refractivity contribution in [2.24, 2.45) is 11.8 Å². The quantitative estimate of drug-likeness (QED) is 0.317. The van der Waals surface area contributed by atoms with E-state index in [1.165, 1.54) is 12.0 Å². The molecule has 1 aromatic heterocycles. The summed E-state index contributed by atoms with van der Waals surface area (Å²) in [5.74, 6) is 2.38. The van der Waals surface area contributed by atoms with Crippen LogP contribution in [0.1, 0.15) is 69.9 Å². The zero-order chi connectivity index (χ0) is 24.7. The number of aromatic nitrogens is 1. The van der Waals surface area contributed by atoms with Gasteiger partial charge in [0.15, 0.2) is 0 Å². The maximum atomic E-state index is 12.3. The molecule has 1 heterocycles. The first-order valence-electron chi connectivity index (χ1n) is 12.5. The van der Waals surface area contributed by atoms with Gasteiger partial charge in [-0.2, -0.15) is 0 Å². The lowest BCUT2D eigenvalue weighted by Gasteiger charge is -2.30. The van der Waals surface area contributed by atoms with Gasteiger partial charge in [-0.05, 0) is 70.5 Å². The molecule has 0 aliphatic heterocycles. The fourth-order valence-electron chi connectivity index (χ4n) is 4.58. The van der Waals surface area contributed by atoms with E-state index in [1.54, 1.807) is 6.92 Å². The molecule has 34 heavy (non-hydrogen) atoms. The van der Waals surface area contributed by atoms with Gasteiger partial charge >= 0.3 is 5.97 Å². The average molecular weight is 469 g/mol. The second-order valence-corrected chi connectivity index (χ2v) is 9.94. The van der Waals surface area contributed by atoms with Crippen LogP contribution in [-0.2, 0) is 20.9 Å². The molecule has 1 fully saturated rings. The number of hydrogen-bond acceptors (Lipinski definition) is 6. The van der Waals surface area contributed by atoms with Crippen LogP contribution in [0.15, 0.2) is 41.0 Å². The van der Waals surface area contributed by atoms with Crippen molar-refractivity contribution >= 4 is 5.97 Å². The number of carbonyl (C=O) groups excluding carboxylic acids is 1. The summed E-state index contributed by atoms with van der Waals surface area (Å²) in [5.41, 5.74) is 3.05. The Morgan fingerprint density at radius 2 is 2.09 bits per heavy atom. The Bertz CT molecular complexity index is 965. The maximum absolute atomic E-state index is 12.3. The van der Waals surface area contributed by atoms with Crippen molar-refractivity contribution in [3.63, 3.8) is 0 Å². The van der Waals surface area contributed by atoms with Gasteiger partial charge in [0.1, 0.15) is 17.5 Å². The highest BCUT2D eigenvalue weighted by atomic mass is 16.5. The first-order chi connectivity index (χ1) is 16.2. The molecule has 0 saturated heterocycles. The van der Waals surface area contributed by atoms with E-state index in [2.05, 4.69) is 31.0 Å². The van der Waals surface area contributed by atoms with Crippen LogP contribution >= 0.6 is 0 Å². The molecule has 1 aliphatic carbocycles. The van der Waals surface area contributed by atoms with Crippen molar-refractivity contribution in [1.82, 2.24) is 10.3 Å². The van der Waals surface area contributed by atoms with Gasteiger partial charge in [-0.15, -0.1) is 0 Å². The number of oxazole rings is 1. The van der Waals surface area contributed by atoms with Gasteiger partial charge in [0.2, 0.25) is 5.89 Å². The second kappa shape index (κ2) is 12.3. The third kappa shape index (κ3) is 7.54. The van der Waals surface area contributed by atoms with Crippen LogP contribution in [0.4, 0.5) is 0 Å². The van der Waals surface area contributed by atoms with Crippen molar-refractivity contribution in [3.8, 4) is 11.5 Å². The summed E-state index contributed by atoms with van der Waals surface area (Å²) in [6.07, 6.45) is 5.71. The summed E-state index contributed by atoms with van der Waals surface area (Å²) < 4.78 is 17.4. The lowest BCUT2D eigenvalue weighted by atomic mass is 9.85. The molecule has 1 aromatic carbocycles. The fraction of sp³-hybridized carbons (Fsp3) is 0.571. The molecule has 1 N–H and O–H groups in total. The van der Waals surface area contributed by atoms with Gasteiger partial charge in [-0.1, -0.05) is 51.0 Å². The van der Waals surface area contributed by atoms with E-state index in [9.17, 15) is 4.79 Å². The number of allylic oxidation sites excluding steroid dienone is 1. The molecule has 3 rings (SSSR count). The van der Waals surface area contributed by atoms with Crippen LogP contribution < -0.4 is 5.32 Å². The summed E-state index contributed by atoms with van der Waals surface area (Å²) in [6, 6.07) is 7.87. The van der Waals surface area contributed by atoms with Crippen LogP contribution in [0.3, 0.4) is 0 Å². The molecule has 6 nitrogen and oxygen atoms in total. The number of rotatable bonds is 11. The smallest absolute Gasteiger partial charge is 0.328 e. The molecule has 0 spiro atoms. The van der Waals surface area contributed by atoms with E-state index >= 15 is 0 Å². The van der Waals surface area contributed by atoms with Crippen LogP contribution in [-0.4, -0.2) is 29.6 Å². The molecule has 2 unspecified atom stereocenters. The largest absolute Gasteiger partial charge is 0.441 e. The van der Waals surface area contributed by atoms with Crippen LogP contribution in [0.5, 0.6) is 0 Å². The molecule has 6 heteroatoms. The summed E-state index contributed by atoms with van der Waals surface area (Å²) in [7, 11) is 0. The molecular weight excluding hydrogens is 428 g/mol. The molecular formula is C28H40N2O4. The van der Waals surface area contributed by atoms with Crippen LogP contribution in [0, 0.1) is 25.7 Å². The van der Waals surface area contributed by atoms with Gasteiger partial charge in [-0.3, -0.25) is 0 Å². The Kier molecular flexibility index (Phi) is 9.48. The Hall–Kier alpha value is -2.44. The number of carbonyl (C=O) groups is 1. The van der Waals surface area contributed by atoms with Gasteiger partial charge in [-0.25, -0.2) is 9.78 Å². The normalized spacial score (nSPS) is 19.2. The summed E-state index contributed by atoms with van der Waals surface area (Å²) in [4.78, 5) is 17.0. The minimum atomic E-state index is -0.315. The molecule has 0 amide bonds. The zero-order valence-corrected chi connectivity index (χ0v) is 21.4. The van der Waals surface area contributed by atoms with E-state index in [1.807, 2.05) is 32.9 Å². The Morgan fingerprint density at radius 3 is 2.79 bits per heavy atom. The molecule has 3 atom stereocenters. The lowest BCUT2D eigenvalue weighted by Crippen LogP contribution is -2.43. The second-order valence-electron chi connectivity index (χ2n) is 9.94. The van der Waals surface area contributed by atoms with E-state index in [4.69, 9.17) is 18.9 Å². The van der Waals surface area contributed by atoms with Crippen LogP contribution in [0.2, 0.25) is 0 Å². The summed E-state index contributed by atoms with van der Waals surface area (Å²) >= 11 is 0. The Labute approximate surface area is 204 Å². The van der Waals surface area contributed by atoms with Gasteiger partial charge in [0.25, 0.3) is 0 Å². The highest BCUT2D eigenvalue weighted by molar-refractivity contribution is 5.77. The average Bonchev–Trinajstić information content (AvgIpc) is 3.15. The minimum Gasteiger partial charge on any atom is -0.441 e. The van der Waals surface area contributed by atoms with Crippen molar-refractivity contribution in [2.75, 3.05) is 6.54 Å². The summed E-state index contributed by atoms with van der Waals surface area (Å²) in [5, 5.41) is 3.40. The maximum Gasteiger partial charge on any atom is 0.328 e. The standard InChI is InChI=1S/C28H40N2O4/c1-18(2)26(28(31)33-19(3)4)29-14-13-22-10-8-12-24(16-22)32-17-25-21(6)34-27(30-25)23-11-7-9-20(5)15-23/h7,9,11,15,18,22,24,26,29H,3,8,10,12-14,16-17H2,1-2,4-6H3/t22?,24?,26-/m0/s1. The molecule has 0 radical (unpaired) electrons. The molecule has 1 aliphatic rings.